The Morgan fingerprint density at radius 3 is 3.00 bits per heavy atom. The minimum absolute atomic E-state index is 0.433. The molecule has 0 saturated carbocycles. The number of nitrogens with zero attached hydrogens (tertiary/aromatic N) is 3. The number of hydrogen-bond acceptors (Lipinski definition) is 3. The van der Waals surface area contributed by atoms with Crippen LogP contribution in [0.3, 0.4) is 0 Å². The van der Waals surface area contributed by atoms with Crippen LogP contribution >= 0.6 is 0 Å². The second-order valence-corrected chi connectivity index (χ2v) is 4.21. The summed E-state index contributed by atoms with van der Waals surface area (Å²) < 4.78 is 2.08. The van der Waals surface area contributed by atoms with Gasteiger partial charge < -0.3 is 10.3 Å². The number of fused-ring (bicyclic) bond motifs is 1. The first kappa shape index (κ1) is 11.1. The number of rotatable bonds is 4. The van der Waals surface area contributed by atoms with Gasteiger partial charge in [0.05, 0.1) is 0 Å². The van der Waals surface area contributed by atoms with Crippen LogP contribution in [0.25, 0.3) is 11.2 Å². The third-order valence-electron chi connectivity index (χ3n) is 2.94. The molecule has 2 aromatic heterocycles. The second-order valence-electron chi connectivity index (χ2n) is 4.21. The van der Waals surface area contributed by atoms with Crippen LogP contribution in [0.5, 0.6) is 0 Å². The van der Waals surface area contributed by atoms with Gasteiger partial charge in [0.1, 0.15) is 11.3 Å². The monoisotopic (exact) mass is 218 g/mol. The number of aryl methyl sites for hydroxylation is 1. The van der Waals surface area contributed by atoms with E-state index < -0.39 is 0 Å². The Labute approximate surface area is 95.5 Å². The van der Waals surface area contributed by atoms with E-state index in [9.17, 15) is 0 Å². The zero-order valence-corrected chi connectivity index (χ0v) is 9.85. The van der Waals surface area contributed by atoms with Crippen molar-refractivity contribution in [1.82, 2.24) is 14.5 Å². The molecule has 0 aliphatic heterocycles. The number of imidazole rings is 1. The molecule has 2 aromatic rings. The number of aromatic nitrogens is 3. The fourth-order valence-electron chi connectivity index (χ4n) is 2.04. The second kappa shape index (κ2) is 4.61. The first-order valence-electron chi connectivity index (χ1n) is 5.71. The molecule has 16 heavy (non-hydrogen) atoms. The van der Waals surface area contributed by atoms with Gasteiger partial charge in [0, 0.05) is 19.2 Å². The molecule has 1 unspecified atom stereocenters. The standard InChI is InChI=1S/C12H18N4/c1-9(5-3-7-13)11-15-10-6-4-8-14-12(10)16(11)2/h4,6,8-9H,3,5,7,13H2,1-2H3. The van der Waals surface area contributed by atoms with Crippen molar-refractivity contribution in [2.45, 2.75) is 25.7 Å². The van der Waals surface area contributed by atoms with Crippen molar-refractivity contribution >= 4 is 11.2 Å². The molecule has 0 amide bonds. The van der Waals surface area contributed by atoms with Crippen LogP contribution in [-0.2, 0) is 7.05 Å². The molecule has 0 saturated heterocycles. The topological polar surface area (TPSA) is 56.7 Å². The highest BCUT2D eigenvalue weighted by atomic mass is 15.1. The van der Waals surface area contributed by atoms with E-state index in [1.54, 1.807) is 6.20 Å². The molecule has 0 aliphatic rings. The van der Waals surface area contributed by atoms with Gasteiger partial charge in [-0.25, -0.2) is 9.97 Å². The minimum atomic E-state index is 0.433. The molecule has 2 heterocycles. The molecule has 86 valence electrons. The molecule has 2 N–H and O–H groups in total. The van der Waals surface area contributed by atoms with Crippen molar-refractivity contribution in [3.8, 4) is 0 Å². The van der Waals surface area contributed by atoms with E-state index in [-0.39, 0.29) is 0 Å². The molecule has 0 aromatic carbocycles. The summed E-state index contributed by atoms with van der Waals surface area (Å²) in [5.41, 5.74) is 7.46. The molecule has 0 aliphatic carbocycles. The Kier molecular flexibility index (Phi) is 3.19. The zero-order chi connectivity index (χ0) is 11.5. The fourth-order valence-corrected chi connectivity index (χ4v) is 2.04. The van der Waals surface area contributed by atoms with Crippen molar-refractivity contribution in [3.63, 3.8) is 0 Å². The van der Waals surface area contributed by atoms with E-state index >= 15 is 0 Å². The summed E-state index contributed by atoms with van der Waals surface area (Å²) in [5.74, 6) is 1.53. The Hall–Kier alpha value is -1.42. The van der Waals surface area contributed by atoms with E-state index in [0.717, 1.165) is 36.4 Å². The van der Waals surface area contributed by atoms with E-state index in [1.807, 2.05) is 19.2 Å². The van der Waals surface area contributed by atoms with Gasteiger partial charge in [-0.05, 0) is 31.5 Å². The van der Waals surface area contributed by atoms with Crippen molar-refractivity contribution in [3.05, 3.63) is 24.2 Å². The van der Waals surface area contributed by atoms with Crippen LogP contribution < -0.4 is 5.73 Å². The van der Waals surface area contributed by atoms with Gasteiger partial charge in [0.15, 0.2) is 5.65 Å². The summed E-state index contributed by atoms with van der Waals surface area (Å²) in [7, 11) is 2.02. The van der Waals surface area contributed by atoms with Gasteiger partial charge in [-0.15, -0.1) is 0 Å². The maximum Gasteiger partial charge on any atom is 0.159 e. The summed E-state index contributed by atoms with van der Waals surface area (Å²) in [6.07, 6.45) is 3.92. The Morgan fingerprint density at radius 1 is 1.50 bits per heavy atom. The first-order chi connectivity index (χ1) is 7.74. The lowest BCUT2D eigenvalue weighted by molar-refractivity contribution is 0.591. The normalized spacial score (nSPS) is 13.2. The maximum atomic E-state index is 5.53. The molecule has 0 radical (unpaired) electrons. The van der Waals surface area contributed by atoms with Crippen LogP contribution in [0, 0.1) is 0 Å². The lowest BCUT2D eigenvalue weighted by Crippen LogP contribution is -2.06. The fraction of sp³-hybridized carbons (Fsp3) is 0.500. The summed E-state index contributed by atoms with van der Waals surface area (Å²) in [6, 6.07) is 3.92. The molecule has 0 fully saturated rings. The highest BCUT2D eigenvalue weighted by molar-refractivity contribution is 5.71. The quantitative estimate of drug-likeness (QED) is 0.851. The van der Waals surface area contributed by atoms with E-state index in [1.165, 1.54) is 0 Å². The summed E-state index contributed by atoms with van der Waals surface area (Å²) in [6.45, 7) is 2.93. The molecule has 1 atom stereocenters. The van der Waals surface area contributed by atoms with Crippen LogP contribution in [0.15, 0.2) is 18.3 Å². The summed E-state index contributed by atoms with van der Waals surface area (Å²) >= 11 is 0. The lowest BCUT2D eigenvalue weighted by atomic mass is 10.1. The number of nitrogens with two attached hydrogens (primary N) is 1. The van der Waals surface area contributed by atoms with E-state index in [2.05, 4.69) is 21.5 Å². The van der Waals surface area contributed by atoms with E-state index in [4.69, 9.17) is 5.73 Å². The first-order valence-corrected chi connectivity index (χ1v) is 5.71. The predicted molar refractivity (Wildman–Crippen MR) is 65.2 cm³/mol. The van der Waals surface area contributed by atoms with Gasteiger partial charge in [-0.2, -0.15) is 0 Å². The molecule has 0 bridgehead atoms. The van der Waals surface area contributed by atoms with Crippen molar-refractivity contribution in [2.75, 3.05) is 6.54 Å². The predicted octanol–water partition coefficient (Wildman–Crippen LogP) is 1.81. The zero-order valence-electron chi connectivity index (χ0n) is 9.85. The van der Waals surface area contributed by atoms with Crippen molar-refractivity contribution in [1.29, 1.82) is 0 Å². The van der Waals surface area contributed by atoms with Crippen LogP contribution in [0.2, 0.25) is 0 Å². The van der Waals surface area contributed by atoms with Crippen molar-refractivity contribution in [2.24, 2.45) is 12.8 Å². The average Bonchev–Trinajstić information content (AvgIpc) is 2.64. The largest absolute Gasteiger partial charge is 0.330 e. The molecular formula is C12H18N4. The molecule has 2 rings (SSSR count). The smallest absolute Gasteiger partial charge is 0.159 e. The van der Waals surface area contributed by atoms with Crippen LogP contribution in [0.1, 0.15) is 31.5 Å². The maximum absolute atomic E-state index is 5.53. The highest BCUT2D eigenvalue weighted by Crippen LogP contribution is 2.22. The van der Waals surface area contributed by atoms with Gasteiger partial charge in [-0.3, -0.25) is 0 Å². The Bertz CT molecular complexity index is 475. The molecular weight excluding hydrogens is 200 g/mol. The van der Waals surface area contributed by atoms with Gasteiger partial charge in [-0.1, -0.05) is 6.92 Å². The van der Waals surface area contributed by atoms with Gasteiger partial charge in [0.2, 0.25) is 0 Å². The third-order valence-corrected chi connectivity index (χ3v) is 2.94. The number of pyridine rings is 1. The summed E-state index contributed by atoms with van der Waals surface area (Å²) in [5, 5.41) is 0. The van der Waals surface area contributed by atoms with Crippen molar-refractivity contribution < 1.29 is 0 Å². The Morgan fingerprint density at radius 2 is 2.31 bits per heavy atom. The third kappa shape index (κ3) is 1.93. The average molecular weight is 218 g/mol. The van der Waals surface area contributed by atoms with Crippen LogP contribution in [-0.4, -0.2) is 21.1 Å². The summed E-state index contributed by atoms with van der Waals surface area (Å²) in [4.78, 5) is 8.96. The van der Waals surface area contributed by atoms with E-state index in [0.29, 0.717) is 5.92 Å². The van der Waals surface area contributed by atoms with Gasteiger partial charge in [0.25, 0.3) is 0 Å². The molecule has 4 nitrogen and oxygen atoms in total. The van der Waals surface area contributed by atoms with Crippen LogP contribution in [0.4, 0.5) is 0 Å². The highest BCUT2D eigenvalue weighted by Gasteiger charge is 2.14. The SMILES string of the molecule is CC(CCCN)c1nc2cccnc2n1C. The minimum Gasteiger partial charge on any atom is -0.330 e. The molecule has 0 spiro atoms. The Balaban J connectivity index is 2.33. The molecule has 4 heteroatoms. The number of hydrogen-bond donors (Lipinski definition) is 1. The lowest BCUT2D eigenvalue weighted by Gasteiger charge is -2.10. The van der Waals surface area contributed by atoms with Gasteiger partial charge >= 0.3 is 0 Å².